The largest absolute Gasteiger partial charge is 0.339 e. The minimum Gasteiger partial charge on any atom is -0.339 e. The molecule has 2 atom stereocenters. The molecule has 0 aliphatic carbocycles. The molecular weight excluding hydrogens is 304 g/mol. The van der Waals surface area contributed by atoms with Crippen molar-refractivity contribution in [3.05, 3.63) is 41.5 Å². The SMILES string of the molecule is Cc1noc(C2CCCN(C(C)C(=O)Nc3ccccc3C)C2)n1. The molecule has 1 aliphatic heterocycles. The highest BCUT2D eigenvalue weighted by molar-refractivity contribution is 5.95. The van der Waals surface area contributed by atoms with E-state index in [1.807, 2.05) is 45.0 Å². The molecule has 6 nitrogen and oxygen atoms in total. The van der Waals surface area contributed by atoms with Crippen LogP contribution in [0.5, 0.6) is 0 Å². The van der Waals surface area contributed by atoms with E-state index >= 15 is 0 Å². The average Bonchev–Trinajstić information content (AvgIpc) is 3.03. The number of para-hydroxylation sites is 1. The Bertz CT molecular complexity index is 713. The number of nitrogens with one attached hydrogen (secondary N) is 1. The molecule has 2 aromatic rings. The second-order valence-electron chi connectivity index (χ2n) is 6.49. The number of aryl methyl sites for hydroxylation is 2. The number of anilines is 1. The van der Waals surface area contributed by atoms with Crippen LogP contribution in [0, 0.1) is 13.8 Å². The van der Waals surface area contributed by atoms with Crippen molar-refractivity contribution in [2.45, 2.75) is 45.6 Å². The molecule has 1 saturated heterocycles. The third kappa shape index (κ3) is 3.64. The Morgan fingerprint density at radius 1 is 1.38 bits per heavy atom. The van der Waals surface area contributed by atoms with Gasteiger partial charge in [0, 0.05) is 12.2 Å². The Kier molecular flexibility index (Phi) is 4.94. The Balaban J connectivity index is 1.64. The van der Waals surface area contributed by atoms with Gasteiger partial charge < -0.3 is 9.84 Å². The molecule has 1 fully saturated rings. The van der Waals surface area contributed by atoms with Gasteiger partial charge in [0.25, 0.3) is 0 Å². The van der Waals surface area contributed by atoms with E-state index in [9.17, 15) is 4.79 Å². The molecule has 1 N–H and O–H groups in total. The minimum atomic E-state index is -0.198. The molecular formula is C18H24N4O2. The maximum atomic E-state index is 12.6. The summed E-state index contributed by atoms with van der Waals surface area (Å²) in [5.74, 6) is 1.57. The van der Waals surface area contributed by atoms with Crippen LogP contribution in [-0.2, 0) is 4.79 Å². The summed E-state index contributed by atoms with van der Waals surface area (Å²) in [6.45, 7) is 7.45. The van der Waals surface area contributed by atoms with E-state index in [0.717, 1.165) is 37.2 Å². The lowest BCUT2D eigenvalue weighted by Crippen LogP contribution is -2.46. The number of likely N-dealkylation sites (tertiary alicyclic amines) is 1. The summed E-state index contributed by atoms with van der Waals surface area (Å²) in [6.07, 6.45) is 2.04. The first-order valence-electron chi connectivity index (χ1n) is 8.45. The van der Waals surface area contributed by atoms with E-state index < -0.39 is 0 Å². The van der Waals surface area contributed by atoms with E-state index in [4.69, 9.17) is 4.52 Å². The smallest absolute Gasteiger partial charge is 0.241 e. The molecule has 1 aromatic heterocycles. The van der Waals surface area contributed by atoms with Crippen LogP contribution in [0.1, 0.15) is 43.0 Å². The topological polar surface area (TPSA) is 71.3 Å². The Hall–Kier alpha value is -2.21. The van der Waals surface area contributed by atoms with Gasteiger partial charge in [0.2, 0.25) is 11.8 Å². The maximum absolute atomic E-state index is 12.6. The quantitative estimate of drug-likeness (QED) is 0.934. The molecule has 6 heteroatoms. The fourth-order valence-electron chi connectivity index (χ4n) is 3.15. The normalized spacial score (nSPS) is 19.9. The van der Waals surface area contributed by atoms with Gasteiger partial charge in [-0.25, -0.2) is 0 Å². The van der Waals surface area contributed by atoms with Gasteiger partial charge in [-0.05, 0) is 51.8 Å². The second-order valence-corrected chi connectivity index (χ2v) is 6.49. The summed E-state index contributed by atoms with van der Waals surface area (Å²) < 4.78 is 5.32. The zero-order valence-corrected chi connectivity index (χ0v) is 14.5. The molecule has 0 spiro atoms. The molecule has 0 bridgehead atoms. The number of aromatic nitrogens is 2. The van der Waals surface area contributed by atoms with Crippen LogP contribution < -0.4 is 5.32 Å². The van der Waals surface area contributed by atoms with Crippen molar-refractivity contribution in [3.63, 3.8) is 0 Å². The van der Waals surface area contributed by atoms with Gasteiger partial charge in [0.05, 0.1) is 12.0 Å². The Morgan fingerprint density at radius 2 is 2.17 bits per heavy atom. The van der Waals surface area contributed by atoms with Crippen molar-refractivity contribution in [2.75, 3.05) is 18.4 Å². The van der Waals surface area contributed by atoms with E-state index in [1.54, 1.807) is 0 Å². The number of piperidine rings is 1. The number of benzene rings is 1. The first-order chi connectivity index (χ1) is 11.5. The minimum absolute atomic E-state index is 0.0201. The molecule has 3 rings (SSSR count). The summed E-state index contributed by atoms with van der Waals surface area (Å²) in [7, 11) is 0. The number of amides is 1. The number of nitrogens with zero attached hydrogens (tertiary/aromatic N) is 3. The molecule has 0 saturated carbocycles. The van der Waals surface area contributed by atoms with Crippen LogP contribution in [-0.4, -0.2) is 40.1 Å². The van der Waals surface area contributed by atoms with E-state index in [2.05, 4.69) is 20.4 Å². The van der Waals surface area contributed by atoms with Gasteiger partial charge in [-0.2, -0.15) is 4.98 Å². The number of hydrogen-bond acceptors (Lipinski definition) is 5. The van der Waals surface area contributed by atoms with Gasteiger partial charge in [0.1, 0.15) is 0 Å². The highest BCUT2D eigenvalue weighted by Gasteiger charge is 2.30. The van der Waals surface area contributed by atoms with Gasteiger partial charge >= 0.3 is 0 Å². The number of carbonyl (C=O) groups excluding carboxylic acids is 1. The van der Waals surface area contributed by atoms with Crippen molar-refractivity contribution < 1.29 is 9.32 Å². The van der Waals surface area contributed by atoms with Crippen molar-refractivity contribution in [2.24, 2.45) is 0 Å². The highest BCUT2D eigenvalue weighted by atomic mass is 16.5. The number of carbonyl (C=O) groups is 1. The molecule has 1 aliphatic rings. The number of rotatable bonds is 4. The van der Waals surface area contributed by atoms with Crippen LogP contribution in [0.25, 0.3) is 0 Å². The van der Waals surface area contributed by atoms with Crippen LogP contribution in [0.2, 0.25) is 0 Å². The van der Waals surface area contributed by atoms with Crippen molar-refractivity contribution in [3.8, 4) is 0 Å². The average molecular weight is 328 g/mol. The third-order valence-corrected chi connectivity index (χ3v) is 4.68. The molecule has 1 aromatic carbocycles. The van der Waals surface area contributed by atoms with Gasteiger partial charge in [-0.3, -0.25) is 9.69 Å². The Labute approximate surface area is 142 Å². The van der Waals surface area contributed by atoms with Crippen LogP contribution in [0.4, 0.5) is 5.69 Å². The molecule has 24 heavy (non-hydrogen) atoms. The summed E-state index contributed by atoms with van der Waals surface area (Å²) in [6, 6.07) is 7.63. The van der Waals surface area contributed by atoms with E-state index in [0.29, 0.717) is 11.7 Å². The Morgan fingerprint density at radius 3 is 2.88 bits per heavy atom. The summed E-state index contributed by atoms with van der Waals surface area (Å²) in [5.41, 5.74) is 1.94. The molecule has 2 unspecified atom stereocenters. The lowest BCUT2D eigenvalue weighted by atomic mass is 9.96. The molecule has 128 valence electrons. The van der Waals surface area contributed by atoms with Crippen LogP contribution >= 0.6 is 0 Å². The van der Waals surface area contributed by atoms with Gasteiger partial charge in [-0.1, -0.05) is 23.4 Å². The predicted molar refractivity (Wildman–Crippen MR) is 91.9 cm³/mol. The summed E-state index contributed by atoms with van der Waals surface area (Å²) >= 11 is 0. The predicted octanol–water partition coefficient (Wildman–Crippen LogP) is 2.89. The lowest BCUT2D eigenvalue weighted by molar-refractivity contribution is -0.121. The van der Waals surface area contributed by atoms with Crippen molar-refractivity contribution in [1.82, 2.24) is 15.0 Å². The fraction of sp³-hybridized carbons (Fsp3) is 0.500. The van der Waals surface area contributed by atoms with Crippen molar-refractivity contribution >= 4 is 11.6 Å². The first-order valence-corrected chi connectivity index (χ1v) is 8.45. The molecule has 2 heterocycles. The molecule has 0 radical (unpaired) electrons. The monoisotopic (exact) mass is 328 g/mol. The maximum Gasteiger partial charge on any atom is 0.241 e. The second kappa shape index (κ2) is 7.13. The number of hydrogen-bond donors (Lipinski definition) is 1. The standard InChI is InChI=1S/C18H24N4O2/c1-12-7-4-5-9-16(12)20-17(23)13(2)22-10-6-8-15(11-22)18-19-14(3)21-24-18/h4-5,7,9,13,15H,6,8,10-11H2,1-3H3,(H,20,23). The highest BCUT2D eigenvalue weighted by Crippen LogP contribution is 2.27. The van der Waals surface area contributed by atoms with E-state index in [-0.39, 0.29) is 17.9 Å². The lowest BCUT2D eigenvalue weighted by Gasteiger charge is -2.34. The summed E-state index contributed by atoms with van der Waals surface area (Å²) in [5, 5.41) is 6.91. The zero-order chi connectivity index (χ0) is 17.1. The zero-order valence-electron chi connectivity index (χ0n) is 14.5. The third-order valence-electron chi connectivity index (χ3n) is 4.68. The van der Waals surface area contributed by atoms with E-state index in [1.165, 1.54) is 0 Å². The first kappa shape index (κ1) is 16.6. The van der Waals surface area contributed by atoms with Crippen LogP contribution in [0.15, 0.2) is 28.8 Å². The van der Waals surface area contributed by atoms with Crippen LogP contribution in [0.3, 0.4) is 0 Å². The summed E-state index contributed by atoms with van der Waals surface area (Å²) in [4.78, 5) is 19.2. The molecule has 1 amide bonds. The fourth-order valence-corrected chi connectivity index (χ4v) is 3.15. The van der Waals surface area contributed by atoms with Gasteiger partial charge in [0.15, 0.2) is 5.82 Å². The van der Waals surface area contributed by atoms with Gasteiger partial charge in [-0.15, -0.1) is 0 Å². The van der Waals surface area contributed by atoms with Crippen molar-refractivity contribution in [1.29, 1.82) is 0 Å².